The molecule has 2 N–H and O–H groups in total. The van der Waals surface area contributed by atoms with Crippen molar-refractivity contribution in [1.82, 2.24) is 15.5 Å². The van der Waals surface area contributed by atoms with E-state index < -0.39 is 21.8 Å². The van der Waals surface area contributed by atoms with E-state index in [2.05, 4.69) is 35.4 Å². The van der Waals surface area contributed by atoms with Gasteiger partial charge in [-0.05, 0) is 72.6 Å². The van der Waals surface area contributed by atoms with Gasteiger partial charge in [0, 0.05) is 40.9 Å². The predicted octanol–water partition coefficient (Wildman–Crippen LogP) is 7.13. The number of aryl methyl sites for hydroxylation is 1. The van der Waals surface area contributed by atoms with E-state index in [1.165, 1.54) is 6.20 Å². The standard InChI is InChI=1S/C33H33Cl2N3O6S/c1-3-19-5-4-6-27(34)29(19)30-25(31(44-38-30)20-7-8-20)18-43-23-9-10-24(28(35)14-23)26-15-33(26,2)22-13-21(16-36-17-22)32(39)37-11-12-45(40,41)42/h4-6,9-10,13-14,16-17,20,26H,3,7-8,11-12,15,18H2,1-2H3,(H,37,39)(H,40,41,42). The molecule has 0 saturated heterocycles. The second-order valence-corrected chi connectivity index (χ2v) is 14.3. The Balaban J connectivity index is 1.17. The number of rotatable bonds is 12. The number of pyridine rings is 1. The summed E-state index contributed by atoms with van der Waals surface area (Å²) in [6.07, 6.45) is 6.90. The maximum absolute atomic E-state index is 12.6. The largest absolute Gasteiger partial charge is 0.489 e. The van der Waals surface area contributed by atoms with Crippen LogP contribution in [0.4, 0.5) is 0 Å². The average Bonchev–Trinajstić information content (AvgIpc) is 3.93. The van der Waals surface area contributed by atoms with Crippen LogP contribution < -0.4 is 10.1 Å². The second kappa shape index (κ2) is 12.4. The Kier molecular flexibility index (Phi) is 8.69. The Labute approximate surface area is 272 Å². The molecule has 45 heavy (non-hydrogen) atoms. The minimum atomic E-state index is -4.17. The van der Waals surface area contributed by atoms with E-state index in [1.54, 1.807) is 12.3 Å². The number of nitrogens with one attached hydrogen (secondary N) is 1. The first-order valence-electron chi connectivity index (χ1n) is 14.9. The van der Waals surface area contributed by atoms with Crippen LogP contribution in [0.25, 0.3) is 11.3 Å². The summed E-state index contributed by atoms with van der Waals surface area (Å²) in [5, 5.41) is 8.16. The van der Waals surface area contributed by atoms with E-state index in [0.717, 1.165) is 65.0 Å². The van der Waals surface area contributed by atoms with Crippen molar-refractivity contribution in [3.05, 3.63) is 98.5 Å². The topological polar surface area (TPSA) is 132 Å². The normalized spacial score (nSPS) is 19.4. The lowest BCUT2D eigenvalue weighted by molar-refractivity contribution is 0.0955. The van der Waals surface area contributed by atoms with Crippen LogP contribution >= 0.6 is 23.2 Å². The molecule has 0 radical (unpaired) electrons. The highest BCUT2D eigenvalue weighted by Crippen LogP contribution is 2.61. The molecule has 2 aromatic carbocycles. The van der Waals surface area contributed by atoms with Crippen molar-refractivity contribution in [2.45, 2.75) is 63.4 Å². The van der Waals surface area contributed by atoms with E-state index in [9.17, 15) is 13.2 Å². The summed E-state index contributed by atoms with van der Waals surface area (Å²) in [7, 11) is -4.17. The van der Waals surface area contributed by atoms with Gasteiger partial charge in [0.15, 0.2) is 0 Å². The van der Waals surface area contributed by atoms with Crippen LogP contribution in [0, 0.1) is 0 Å². The molecular weight excluding hydrogens is 637 g/mol. The molecule has 6 rings (SSSR count). The van der Waals surface area contributed by atoms with Crippen LogP contribution in [-0.2, 0) is 28.6 Å². The smallest absolute Gasteiger partial charge is 0.266 e. The van der Waals surface area contributed by atoms with Crippen molar-refractivity contribution in [3.63, 3.8) is 0 Å². The summed E-state index contributed by atoms with van der Waals surface area (Å²) in [6.45, 7) is 4.25. The molecule has 0 spiro atoms. The molecule has 4 aromatic rings. The van der Waals surface area contributed by atoms with Crippen molar-refractivity contribution in [2.24, 2.45) is 0 Å². The Bertz CT molecular complexity index is 1870. The number of nitrogens with zero attached hydrogens (tertiary/aromatic N) is 2. The number of benzene rings is 2. The number of carbonyl (C=O) groups is 1. The first-order chi connectivity index (χ1) is 21.5. The van der Waals surface area contributed by atoms with Crippen molar-refractivity contribution in [1.29, 1.82) is 0 Å². The van der Waals surface area contributed by atoms with Crippen molar-refractivity contribution >= 4 is 39.2 Å². The van der Waals surface area contributed by atoms with Gasteiger partial charge in [0.2, 0.25) is 0 Å². The molecular formula is C33H33Cl2N3O6S. The predicted molar refractivity (Wildman–Crippen MR) is 172 cm³/mol. The molecule has 2 aliphatic carbocycles. The first kappa shape index (κ1) is 31.5. The maximum atomic E-state index is 12.6. The van der Waals surface area contributed by atoms with Gasteiger partial charge >= 0.3 is 0 Å². The van der Waals surface area contributed by atoms with Crippen molar-refractivity contribution < 1.29 is 27.0 Å². The van der Waals surface area contributed by atoms with Gasteiger partial charge in [0.05, 0.1) is 21.9 Å². The second-order valence-electron chi connectivity index (χ2n) is 11.9. The fourth-order valence-corrected chi connectivity index (χ4v) is 6.84. The number of hydrogen-bond donors (Lipinski definition) is 2. The molecule has 0 aliphatic heterocycles. The molecule has 2 saturated carbocycles. The molecule has 12 heteroatoms. The van der Waals surface area contributed by atoms with Gasteiger partial charge in [-0.25, -0.2) is 0 Å². The molecule has 2 unspecified atom stereocenters. The van der Waals surface area contributed by atoms with Crippen LogP contribution in [-0.4, -0.2) is 41.3 Å². The first-order valence-corrected chi connectivity index (χ1v) is 17.2. The maximum Gasteiger partial charge on any atom is 0.266 e. The molecule has 236 valence electrons. The summed E-state index contributed by atoms with van der Waals surface area (Å²) in [6, 6.07) is 13.3. The lowest BCUT2D eigenvalue weighted by atomic mass is 9.93. The monoisotopic (exact) mass is 669 g/mol. The fourth-order valence-electron chi connectivity index (χ4n) is 5.90. The van der Waals surface area contributed by atoms with E-state index >= 15 is 0 Å². The van der Waals surface area contributed by atoms with E-state index in [4.69, 9.17) is 37.0 Å². The van der Waals surface area contributed by atoms with Gasteiger partial charge in [-0.2, -0.15) is 8.42 Å². The van der Waals surface area contributed by atoms with Gasteiger partial charge in [-0.3, -0.25) is 14.3 Å². The molecule has 9 nitrogen and oxygen atoms in total. The van der Waals surface area contributed by atoms with Gasteiger partial charge in [0.1, 0.15) is 23.8 Å². The van der Waals surface area contributed by atoms with Crippen molar-refractivity contribution in [2.75, 3.05) is 12.3 Å². The highest BCUT2D eigenvalue weighted by atomic mass is 35.5. The quantitative estimate of drug-likeness (QED) is 0.152. The summed E-state index contributed by atoms with van der Waals surface area (Å²) < 4.78 is 42.9. The summed E-state index contributed by atoms with van der Waals surface area (Å²) in [5.41, 5.74) is 5.48. The zero-order valence-electron chi connectivity index (χ0n) is 24.8. The van der Waals surface area contributed by atoms with Gasteiger partial charge < -0.3 is 14.6 Å². The molecule has 2 aromatic heterocycles. The zero-order valence-corrected chi connectivity index (χ0v) is 27.2. The van der Waals surface area contributed by atoms with E-state index in [1.807, 2.05) is 30.3 Å². The third-order valence-electron chi connectivity index (χ3n) is 8.76. The van der Waals surface area contributed by atoms with E-state index in [0.29, 0.717) is 27.3 Å². The van der Waals surface area contributed by atoms with Gasteiger partial charge in [-0.15, -0.1) is 0 Å². The van der Waals surface area contributed by atoms with Crippen LogP contribution in [0.1, 0.15) is 83.3 Å². The zero-order chi connectivity index (χ0) is 31.9. The minimum absolute atomic E-state index is 0.109. The van der Waals surface area contributed by atoms with Gasteiger partial charge in [-0.1, -0.05) is 60.4 Å². The Hall–Kier alpha value is -3.44. The van der Waals surface area contributed by atoms with Crippen LogP contribution in [0.3, 0.4) is 0 Å². The molecule has 2 fully saturated rings. The molecule has 1 amide bonds. The third-order valence-corrected chi connectivity index (χ3v) is 10.1. The SMILES string of the molecule is CCc1cccc(Cl)c1-c1noc(C2CC2)c1COc1ccc(C2CC2(C)c2cncc(C(=O)NCCS(=O)(=O)O)c2)c(Cl)c1. The molecule has 0 bridgehead atoms. The fraction of sp³-hybridized carbons (Fsp3) is 0.364. The molecule has 2 heterocycles. The Morgan fingerprint density at radius 1 is 1.16 bits per heavy atom. The number of halogens is 2. The highest BCUT2D eigenvalue weighted by Gasteiger charge is 2.53. The number of aromatic nitrogens is 2. The number of carbonyl (C=O) groups excluding carboxylic acids is 1. The highest BCUT2D eigenvalue weighted by molar-refractivity contribution is 7.85. The molecule has 2 atom stereocenters. The molecule has 2 aliphatic rings. The lowest BCUT2D eigenvalue weighted by Crippen LogP contribution is -2.29. The summed E-state index contributed by atoms with van der Waals surface area (Å²) in [4.78, 5) is 16.8. The summed E-state index contributed by atoms with van der Waals surface area (Å²) in [5.74, 6) is 0.901. The van der Waals surface area contributed by atoms with Crippen LogP contribution in [0.5, 0.6) is 5.75 Å². The lowest BCUT2D eigenvalue weighted by Gasteiger charge is -2.15. The minimum Gasteiger partial charge on any atom is -0.489 e. The van der Waals surface area contributed by atoms with Gasteiger partial charge in [0.25, 0.3) is 16.0 Å². The number of hydrogen-bond acceptors (Lipinski definition) is 7. The summed E-state index contributed by atoms with van der Waals surface area (Å²) >= 11 is 13.5. The average molecular weight is 671 g/mol. The Morgan fingerprint density at radius 3 is 2.67 bits per heavy atom. The van der Waals surface area contributed by atoms with Crippen LogP contribution in [0.2, 0.25) is 10.0 Å². The van der Waals surface area contributed by atoms with E-state index in [-0.39, 0.29) is 24.5 Å². The van der Waals surface area contributed by atoms with Crippen molar-refractivity contribution in [3.8, 4) is 17.0 Å². The number of ether oxygens (including phenoxy) is 1. The number of amides is 1. The third kappa shape index (κ3) is 6.74. The Morgan fingerprint density at radius 2 is 1.96 bits per heavy atom. The van der Waals surface area contributed by atoms with Crippen LogP contribution in [0.15, 0.2) is 59.4 Å².